The summed E-state index contributed by atoms with van der Waals surface area (Å²) < 4.78 is 13.1. The largest absolute Gasteiger partial charge is 0.481 e. The average Bonchev–Trinajstić information content (AvgIpc) is 2.19. The van der Waals surface area contributed by atoms with E-state index >= 15 is 0 Å². The minimum atomic E-state index is -0.866. The summed E-state index contributed by atoms with van der Waals surface area (Å²) in [5.74, 6) is -1.65. The first kappa shape index (κ1) is 11.5. The Labute approximate surface area is 87.9 Å². The van der Waals surface area contributed by atoms with Gasteiger partial charge in [-0.05, 0) is 24.6 Å². The first-order chi connectivity index (χ1) is 7.00. The van der Waals surface area contributed by atoms with E-state index in [1.807, 2.05) is 0 Å². The van der Waals surface area contributed by atoms with Crippen molar-refractivity contribution in [1.82, 2.24) is 0 Å². The maximum absolute atomic E-state index is 13.1. The number of aryl methyl sites for hydroxylation is 1. The van der Waals surface area contributed by atoms with Crippen LogP contribution in [0.3, 0.4) is 0 Å². The standard InChI is InChI=1S/C11H14FNO2/c1-7-3-4-9(5-10(7)12)13-6-8(2)11(14)15/h3-5,8,13H,6H2,1-2H3,(H,14,15). The molecule has 0 aromatic heterocycles. The summed E-state index contributed by atoms with van der Waals surface area (Å²) in [6.45, 7) is 3.57. The van der Waals surface area contributed by atoms with Crippen molar-refractivity contribution in [3.05, 3.63) is 29.6 Å². The molecule has 1 atom stereocenters. The van der Waals surface area contributed by atoms with E-state index in [0.717, 1.165) is 0 Å². The Bertz CT molecular complexity index is 366. The summed E-state index contributed by atoms with van der Waals surface area (Å²) in [6.07, 6.45) is 0. The van der Waals surface area contributed by atoms with Crippen LogP contribution in [-0.2, 0) is 4.79 Å². The number of carbonyl (C=O) groups is 1. The molecule has 3 nitrogen and oxygen atoms in total. The summed E-state index contributed by atoms with van der Waals surface area (Å²) in [5, 5.41) is 11.5. The maximum atomic E-state index is 13.1. The number of anilines is 1. The molecule has 1 aromatic carbocycles. The number of benzene rings is 1. The van der Waals surface area contributed by atoms with Crippen molar-refractivity contribution in [1.29, 1.82) is 0 Å². The predicted octanol–water partition coefficient (Wildman–Crippen LogP) is 2.27. The minimum absolute atomic E-state index is 0.289. The molecular formula is C11H14FNO2. The van der Waals surface area contributed by atoms with Crippen molar-refractivity contribution in [3.8, 4) is 0 Å². The van der Waals surface area contributed by atoms with Crippen LogP contribution in [0.5, 0.6) is 0 Å². The van der Waals surface area contributed by atoms with Crippen LogP contribution in [0.15, 0.2) is 18.2 Å². The van der Waals surface area contributed by atoms with E-state index in [1.54, 1.807) is 26.0 Å². The van der Waals surface area contributed by atoms with Gasteiger partial charge in [-0.25, -0.2) is 4.39 Å². The van der Waals surface area contributed by atoms with Gasteiger partial charge in [-0.15, -0.1) is 0 Å². The van der Waals surface area contributed by atoms with E-state index in [9.17, 15) is 9.18 Å². The molecular weight excluding hydrogens is 197 g/mol. The smallest absolute Gasteiger partial charge is 0.308 e. The van der Waals surface area contributed by atoms with Crippen molar-refractivity contribution in [2.45, 2.75) is 13.8 Å². The lowest BCUT2D eigenvalue weighted by atomic mass is 10.1. The fourth-order valence-corrected chi connectivity index (χ4v) is 1.06. The van der Waals surface area contributed by atoms with Crippen LogP contribution in [-0.4, -0.2) is 17.6 Å². The summed E-state index contributed by atoms with van der Waals surface area (Å²) in [4.78, 5) is 10.5. The number of hydrogen-bond acceptors (Lipinski definition) is 2. The van der Waals surface area contributed by atoms with Gasteiger partial charge in [0, 0.05) is 12.2 Å². The molecule has 2 N–H and O–H groups in total. The van der Waals surface area contributed by atoms with Crippen LogP contribution >= 0.6 is 0 Å². The molecule has 0 saturated carbocycles. The third-order valence-corrected chi connectivity index (χ3v) is 2.21. The molecule has 0 amide bonds. The maximum Gasteiger partial charge on any atom is 0.308 e. The fraction of sp³-hybridized carbons (Fsp3) is 0.364. The molecule has 1 rings (SSSR count). The normalized spacial score (nSPS) is 12.2. The number of rotatable bonds is 4. The van der Waals surface area contributed by atoms with Crippen LogP contribution in [0.1, 0.15) is 12.5 Å². The second kappa shape index (κ2) is 4.77. The lowest BCUT2D eigenvalue weighted by Crippen LogP contribution is -2.19. The van der Waals surface area contributed by atoms with E-state index in [0.29, 0.717) is 11.3 Å². The van der Waals surface area contributed by atoms with E-state index in [4.69, 9.17) is 5.11 Å². The third kappa shape index (κ3) is 3.23. The number of hydrogen-bond donors (Lipinski definition) is 2. The van der Waals surface area contributed by atoms with Gasteiger partial charge < -0.3 is 10.4 Å². The molecule has 0 radical (unpaired) electrons. The molecule has 0 heterocycles. The van der Waals surface area contributed by atoms with Gasteiger partial charge in [0.2, 0.25) is 0 Å². The van der Waals surface area contributed by atoms with Gasteiger partial charge in [0.15, 0.2) is 0 Å². The zero-order valence-electron chi connectivity index (χ0n) is 8.75. The lowest BCUT2D eigenvalue weighted by molar-refractivity contribution is -0.140. The minimum Gasteiger partial charge on any atom is -0.481 e. The predicted molar refractivity (Wildman–Crippen MR) is 56.4 cm³/mol. The Morgan fingerprint density at radius 3 is 2.80 bits per heavy atom. The Morgan fingerprint density at radius 2 is 2.27 bits per heavy atom. The zero-order chi connectivity index (χ0) is 11.4. The molecule has 1 aromatic rings. The third-order valence-electron chi connectivity index (χ3n) is 2.21. The van der Waals surface area contributed by atoms with Crippen LogP contribution < -0.4 is 5.32 Å². The number of aliphatic carboxylic acids is 1. The average molecular weight is 211 g/mol. The van der Waals surface area contributed by atoms with Gasteiger partial charge in [-0.1, -0.05) is 13.0 Å². The first-order valence-electron chi connectivity index (χ1n) is 4.73. The summed E-state index contributed by atoms with van der Waals surface area (Å²) in [6, 6.07) is 4.75. The SMILES string of the molecule is Cc1ccc(NCC(C)C(=O)O)cc1F. The topological polar surface area (TPSA) is 49.3 Å². The van der Waals surface area contributed by atoms with Crippen molar-refractivity contribution in [2.75, 3.05) is 11.9 Å². The van der Waals surface area contributed by atoms with Crippen LogP contribution in [0.25, 0.3) is 0 Å². The first-order valence-corrected chi connectivity index (χ1v) is 4.73. The van der Waals surface area contributed by atoms with Gasteiger partial charge in [-0.2, -0.15) is 0 Å². The molecule has 0 saturated heterocycles. The highest BCUT2D eigenvalue weighted by Gasteiger charge is 2.10. The molecule has 4 heteroatoms. The highest BCUT2D eigenvalue weighted by Crippen LogP contribution is 2.13. The monoisotopic (exact) mass is 211 g/mol. The number of nitrogens with one attached hydrogen (secondary N) is 1. The molecule has 0 spiro atoms. The van der Waals surface area contributed by atoms with E-state index in [1.165, 1.54) is 6.07 Å². The number of halogens is 1. The van der Waals surface area contributed by atoms with E-state index in [2.05, 4.69) is 5.32 Å². The molecule has 82 valence electrons. The quantitative estimate of drug-likeness (QED) is 0.803. The van der Waals surface area contributed by atoms with Crippen molar-refractivity contribution in [2.24, 2.45) is 5.92 Å². The highest BCUT2D eigenvalue weighted by molar-refractivity contribution is 5.70. The molecule has 0 aliphatic carbocycles. The molecule has 15 heavy (non-hydrogen) atoms. The van der Waals surface area contributed by atoms with Gasteiger partial charge in [0.25, 0.3) is 0 Å². The molecule has 0 aliphatic rings. The molecule has 1 unspecified atom stereocenters. The molecule has 0 aliphatic heterocycles. The Kier molecular flexibility index (Phi) is 3.66. The van der Waals surface area contributed by atoms with Crippen LogP contribution in [0.4, 0.5) is 10.1 Å². The van der Waals surface area contributed by atoms with Gasteiger partial charge in [0.1, 0.15) is 5.82 Å². The van der Waals surface area contributed by atoms with Gasteiger partial charge >= 0.3 is 5.97 Å². The second-order valence-electron chi connectivity index (χ2n) is 3.58. The van der Waals surface area contributed by atoms with E-state index < -0.39 is 11.9 Å². The van der Waals surface area contributed by atoms with Gasteiger partial charge in [-0.3, -0.25) is 4.79 Å². The Hall–Kier alpha value is -1.58. The summed E-state index contributed by atoms with van der Waals surface area (Å²) in [5.41, 5.74) is 1.18. The van der Waals surface area contributed by atoms with Crippen LogP contribution in [0.2, 0.25) is 0 Å². The second-order valence-corrected chi connectivity index (χ2v) is 3.58. The van der Waals surface area contributed by atoms with Crippen LogP contribution in [0, 0.1) is 18.7 Å². The van der Waals surface area contributed by atoms with Crippen molar-refractivity contribution in [3.63, 3.8) is 0 Å². The van der Waals surface area contributed by atoms with Gasteiger partial charge in [0.05, 0.1) is 5.92 Å². The number of carboxylic acid groups (broad SMARTS) is 1. The number of carboxylic acids is 1. The summed E-state index contributed by atoms with van der Waals surface area (Å²) >= 11 is 0. The zero-order valence-corrected chi connectivity index (χ0v) is 8.75. The van der Waals surface area contributed by atoms with Crippen molar-refractivity contribution < 1.29 is 14.3 Å². The molecule has 0 fully saturated rings. The fourth-order valence-electron chi connectivity index (χ4n) is 1.06. The van der Waals surface area contributed by atoms with E-state index in [-0.39, 0.29) is 12.4 Å². The summed E-state index contributed by atoms with van der Waals surface area (Å²) in [7, 11) is 0. The Morgan fingerprint density at radius 1 is 1.60 bits per heavy atom. The lowest BCUT2D eigenvalue weighted by Gasteiger charge is -2.10. The molecule has 0 bridgehead atoms. The Balaban J connectivity index is 2.58. The highest BCUT2D eigenvalue weighted by atomic mass is 19.1. The van der Waals surface area contributed by atoms with Crippen molar-refractivity contribution >= 4 is 11.7 Å².